The number of nitrogens with two attached hydrogens (primary N) is 1. The Kier molecular flexibility index (Phi) is 4.30. The number of aryl methyl sites for hydroxylation is 1. The summed E-state index contributed by atoms with van der Waals surface area (Å²) in [4.78, 5) is 20.3. The molecule has 7 nitrogen and oxygen atoms in total. The molecule has 1 fully saturated rings. The van der Waals surface area contributed by atoms with Crippen LogP contribution in [0.25, 0.3) is 0 Å². The van der Waals surface area contributed by atoms with Crippen LogP contribution >= 0.6 is 11.3 Å². The van der Waals surface area contributed by atoms with Gasteiger partial charge in [0, 0.05) is 32.4 Å². The molecule has 3 heterocycles. The number of piperazine rings is 1. The minimum atomic E-state index is -0.435. The molecule has 0 radical (unpaired) electrons. The highest BCUT2D eigenvalue weighted by molar-refractivity contribution is 7.11. The van der Waals surface area contributed by atoms with Gasteiger partial charge in [-0.05, 0) is 19.1 Å². The van der Waals surface area contributed by atoms with Crippen LogP contribution in [0.15, 0.2) is 18.3 Å². The lowest BCUT2D eigenvalue weighted by atomic mass is 10.2. The fourth-order valence-corrected chi connectivity index (χ4v) is 3.30. The van der Waals surface area contributed by atoms with Crippen molar-refractivity contribution in [2.45, 2.75) is 13.5 Å². The summed E-state index contributed by atoms with van der Waals surface area (Å²) in [6.07, 6.45) is 1.69. The van der Waals surface area contributed by atoms with Crippen molar-refractivity contribution in [2.75, 3.05) is 31.1 Å². The Bertz CT molecular complexity index is 665. The van der Waals surface area contributed by atoms with Crippen molar-refractivity contribution in [1.82, 2.24) is 20.1 Å². The molecule has 22 heavy (non-hydrogen) atoms. The van der Waals surface area contributed by atoms with Crippen LogP contribution in [0.3, 0.4) is 0 Å². The Labute approximate surface area is 132 Å². The smallest absolute Gasteiger partial charge is 0.252 e. The van der Waals surface area contributed by atoms with Gasteiger partial charge in [-0.3, -0.25) is 9.69 Å². The number of primary amides is 1. The van der Waals surface area contributed by atoms with Gasteiger partial charge in [-0.1, -0.05) is 0 Å². The SMILES string of the molecule is Cc1nnc(CN2CCN(c3ncccc3C(N)=O)CC2)s1. The van der Waals surface area contributed by atoms with Gasteiger partial charge in [0.25, 0.3) is 5.91 Å². The second-order valence-corrected chi connectivity index (χ2v) is 6.48. The predicted molar refractivity (Wildman–Crippen MR) is 84.9 cm³/mol. The molecule has 116 valence electrons. The molecular formula is C14H18N6OS. The van der Waals surface area contributed by atoms with Crippen LogP contribution < -0.4 is 10.6 Å². The van der Waals surface area contributed by atoms with Crippen molar-refractivity contribution in [3.63, 3.8) is 0 Å². The Morgan fingerprint density at radius 2 is 2.09 bits per heavy atom. The largest absolute Gasteiger partial charge is 0.365 e. The van der Waals surface area contributed by atoms with Gasteiger partial charge in [0.2, 0.25) is 0 Å². The van der Waals surface area contributed by atoms with Crippen molar-refractivity contribution in [3.8, 4) is 0 Å². The van der Waals surface area contributed by atoms with Gasteiger partial charge in [0.15, 0.2) is 0 Å². The average Bonchev–Trinajstić information content (AvgIpc) is 2.93. The second-order valence-electron chi connectivity index (χ2n) is 5.22. The van der Waals surface area contributed by atoms with Crippen LogP contribution in [0.4, 0.5) is 5.82 Å². The van der Waals surface area contributed by atoms with Crippen LogP contribution in [0, 0.1) is 6.92 Å². The van der Waals surface area contributed by atoms with Gasteiger partial charge in [-0.25, -0.2) is 4.98 Å². The van der Waals surface area contributed by atoms with E-state index in [4.69, 9.17) is 5.73 Å². The molecule has 2 N–H and O–H groups in total. The quantitative estimate of drug-likeness (QED) is 0.891. The lowest BCUT2D eigenvalue weighted by Gasteiger charge is -2.35. The molecule has 3 rings (SSSR count). The van der Waals surface area contributed by atoms with Crippen molar-refractivity contribution in [1.29, 1.82) is 0 Å². The van der Waals surface area contributed by atoms with Crippen molar-refractivity contribution in [3.05, 3.63) is 33.9 Å². The maximum Gasteiger partial charge on any atom is 0.252 e. The summed E-state index contributed by atoms with van der Waals surface area (Å²) in [6.45, 7) is 6.21. The Morgan fingerprint density at radius 3 is 2.73 bits per heavy atom. The summed E-state index contributed by atoms with van der Waals surface area (Å²) < 4.78 is 0. The fraction of sp³-hybridized carbons (Fsp3) is 0.429. The molecule has 2 aromatic rings. The third-order valence-corrected chi connectivity index (χ3v) is 4.47. The zero-order chi connectivity index (χ0) is 15.5. The molecule has 1 aliphatic heterocycles. The Hall–Kier alpha value is -2.06. The highest BCUT2D eigenvalue weighted by Crippen LogP contribution is 2.19. The standard InChI is InChI=1S/C14H18N6OS/c1-10-17-18-12(22-10)9-19-5-7-20(8-6-19)14-11(13(15)21)3-2-4-16-14/h2-4H,5-9H2,1H3,(H2,15,21). The summed E-state index contributed by atoms with van der Waals surface area (Å²) >= 11 is 1.63. The molecule has 0 spiro atoms. The number of hydrogen-bond acceptors (Lipinski definition) is 7. The van der Waals surface area contributed by atoms with Crippen LogP contribution in [0.2, 0.25) is 0 Å². The highest BCUT2D eigenvalue weighted by atomic mass is 32.1. The molecule has 8 heteroatoms. The molecule has 0 aliphatic carbocycles. The van der Waals surface area contributed by atoms with E-state index in [1.807, 2.05) is 6.92 Å². The number of anilines is 1. The first-order valence-electron chi connectivity index (χ1n) is 7.14. The highest BCUT2D eigenvalue weighted by Gasteiger charge is 2.22. The molecule has 0 bridgehead atoms. The normalized spacial score (nSPS) is 16.0. The summed E-state index contributed by atoms with van der Waals surface area (Å²) in [5.74, 6) is 0.247. The van der Waals surface area contributed by atoms with Crippen molar-refractivity contribution in [2.24, 2.45) is 5.73 Å². The molecule has 0 atom stereocenters. The number of pyridine rings is 1. The predicted octanol–water partition coefficient (Wildman–Crippen LogP) is 0.663. The topological polar surface area (TPSA) is 88.2 Å². The van der Waals surface area contributed by atoms with Gasteiger partial charge >= 0.3 is 0 Å². The molecule has 1 amide bonds. The van der Waals surface area contributed by atoms with Crippen LogP contribution in [-0.2, 0) is 6.54 Å². The Balaban J connectivity index is 1.63. The minimum absolute atomic E-state index is 0.435. The van der Waals surface area contributed by atoms with Crippen LogP contribution in [0.1, 0.15) is 20.4 Å². The summed E-state index contributed by atoms with van der Waals surface area (Å²) in [7, 11) is 0. The van der Waals surface area contributed by atoms with E-state index in [0.717, 1.165) is 42.7 Å². The lowest BCUT2D eigenvalue weighted by molar-refractivity contribution is 0.1000. The first-order chi connectivity index (χ1) is 10.6. The summed E-state index contributed by atoms with van der Waals surface area (Å²) in [6, 6.07) is 3.46. The fourth-order valence-electron chi connectivity index (χ4n) is 2.55. The van der Waals surface area contributed by atoms with Crippen molar-refractivity contribution >= 4 is 23.1 Å². The lowest BCUT2D eigenvalue weighted by Crippen LogP contribution is -2.46. The van der Waals surface area contributed by atoms with Gasteiger partial charge in [0.05, 0.1) is 12.1 Å². The molecule has 0 saturated carbocycles. The zero-order valence-electron chi connectivity index (χ0n) is 12.4. The van der Waals surface area contributed by atoms with E-state index in [1.54, 1.807) is 29.7 Å². The molecule has 0 unspecified atom stereocenters. The van der Waals surface area contributed by atoms with E-state index >= 15 is 0 Å². The van der Waals surface area contributed by atoms with Gasteiger partial charge in [-0.15, -0.1) is 21.5 Å². The van der Waals surface area contributed by atoms with E-state index in [2.05, 4.69) is 25.0 Å². The maximum absolute atomic E-state index is 11.5. The number of hydrogen-bond donors (Lipinski definition) is 1. The monoisotopic (exact) mass is 318 g/mol. The van der Waals surface area contributed by atoms with Crippen LogP contribution in [0.5, 0.6) is 0 Å². The Morgan fingerprint density at radius 1 is 1.32 bits per heavy atom. The molecule has 1 saturated heterocycles. The zero-order valence-corrected chi connectivity index (χ0v) is 13.2. The molecule has 2 aromatic heterocycles. The van der Waals surface area contributed by atoms with E-state index in [1.165, 1.54) is 0 Å². The first-order valence-corrected chi connectivity index (χ1v) is 7.96. The number of rotatable bonds is 4. The summed E-state index contributed by atoms with van der Waals surface area (Å²) in [5.41, 5.74) is 5.91. The van der Waals surface area contributed by atoms with E-state index < -0.39 is 5.91 Å². The molecular weight excluding hydrogens is 300 g/mol. The van der Waals surface area contributed by atoms with E-state index in [9.17, 15) is 4.79 Å². The minimum Gasteiger partial charge on any atom is -0.365 e. The van der Waals surface area contributed by atoms with Gasteiger partial charge < -0.3 is 10.6 Å². The van der Waals surface area contributed by atoms with Gasteiger partial charge in [0.1, 0.15) is 15.8 Å². The summed E-state index contributed by atoms with van der Waals surface area (Å²) in [5, 5.41) is 10.2. The number of amides is 1. The third kappa shape index (κ3) is 3.23. The third-order valence-electron chi connectivity index (χ3n) is 3.65. The van der Waals surface area contributed by atoms with Crippen LogP contribution in [-0.4, -0.2) is 52.2 Å². The van der Waals surface area contributed by atoms with E-state index in [0.29, 0.717) is 11.4 Å². The second kappa shape index (κ2) is 6.37. The average molecular weight is 318 g/mol. The van der Waals surface area contributed by atoms with E-state index in [-0.39, 0.29) is 0 Å². The maximum atomic E-state index is 11.5. The molecule has 1 aliphatic rings. The molecule has 0 aromatic carbocycles. The van der Waals surface area contributed by atoms with Crippen molar-refractivity contribution < 1.29 is 4.79 Å². The van der Waals surface area contributed by atoms with Gasteiger partial charge in [-0.2, -0.15) is 0 Å². The first kappa shape index (κ1) is 14.9. The number of nitrogens with zero attached hydrogens (tertiary/aromatic N) is 5. The number of carbonyl (C=O) groups excluding carboxylic acids is 1. The number of carbonyl (C=O) groups is 1. The number of aromatic nitrogens is 3.